The molecule has 0 spiro atoms. The van der Waals surface area contributed by atoms with Crippen molar-refractivity contribution < 1.29 is 23.0 Å². The number of aliphatic hydroxyl groups is 1. The summed E-state index contributed by atoms with van der Waals surface area (Å²) in [4.78, 5) is 0.119. The van der Waals surface area contributed by atoms with Gasteiger partial charge in [-0.2, -0.15) is 0 Å². The van der Waals surface area contributed by atoms with Gasteiger partial charge in [0.1, 0.15) is 4.90 Å². The number of hydrogen-bond acceptors (Lipinski definition) is 5. The van der Waals surface area contributed by atoms with Crippen molar-refractivity contribution in [3.63, 3.8) is 0 Å². The van der Waals surface area contributed by atoms with Gasteiger partial charge in [-0.15, -0.1) is 0 Å². The normalized spacial score (nSPS) is 15.9. The van der Waals surface area contributed by atoms with Crippen LogP contribution in [0.2, 0.25) is 0 Å². The molecule has 0 amide bonds. The van der Waals surface area contributed by atoms with E-state index in [0.717, 1.165) is 6.26 Å². The van der Waals surface area contributed by atoms with Crippen molar-refractivity contribution in [1.29, 1.82) is 0 Å². The molecule has 1 aromatic rings. The smallest absolute Gasteiger partial charge is 0.231 e. The fraction of sp³-hybridized carbons (Fsp3) is 0.455. The topological polar surface area (TPSA) is 72.8 Å². The zero-order valence-corrected chi connectivity index (χ0v) is 10.5. The monoisotopic (exact) mass is 258 g/mol. The SMILES string of the molecule is CC(O)Cc1ccc2c(c1S(C)(=O)=O)OCO2. The molecule has 1 aromatic carbocycles. The molecule has 1 N–H and O–H groups in total. The van der Waals surface area contributed by atoms with Crippen molar-refractivity contribution in [2.45, 2.75) is 24.3 Å². The number of benzene rings is 1. The van der Waals surface area contributed by atoms with Crippen LogP contribution in [0.15, 0.2) is 17.0 Å². The maximum absolute atomic E-state index is 11.8. The van der Waals surface area contributed by atoms with Gasteiger partial charge >= 0.3 is 0 Å². The second-order valence-electron chi connectivity index (χ2n) is 4.11. The fourth-order valence-corrected chi connectivity index (χ4v) is 3.00. The second kappa shape index (κ2) is 4.19. The molecule has 1 heterocycles. The molecule has 6 heteroatoms. The third-order valence-corrected chi connectivity index (χ3v) is 3.65. The Morgan fingerprint density at radius 2 is 2.12 bits per heavy atom. The molecule has 2 rings (SSSR count). The molecule has 0 radical (unpaired) electrons. The van der Waals surface area contributed by atoms with Crippen LogP contribution < -0.4 is 9.47 Å². The molecule has 1 unspecified atom stereocenters. The zero-order chi connectivity index (χ0) is 12.6. The van der Waals surface area contributed by atoms with Crippen molar-refractivity contribution in [2.75, 3.05) is 13.0 Å². The molecule has 1 atom stereocenters. The molecule has 94 valence electrons. The molecule has 5 nitrogen and oxygen atoms in total. The van der Waals surface area contributed by atoms with Crippen LogP contribution in [0.1, 0.15) is 12.5 Å². The molecule has 0 aliphatic carbocycles. The quantitative estimate of drug-likeness (QED) is 0.865. The van der Waals surface area contributed by atoms with Crippen molar-refractivity contribution in [1.82, 2.24) is 0 Å². The van der Waals surface area contributed by atoms with Crippen molar-refractivity contribution >= 4 is 9.84 Å². The standard InChI is InChI=1S/C11H14O5S/c1-7(12)5-8-3-4-9-10(16-6-15-9)11(8)17(2,13)14/h3-4,7,12H,5-6H2,1-2H3. The molecular weight excluding hydrogens is 244 g/mol. The van der Waals surface area contributed by atoms with Crippen LogP contribution >= 0.6 is 0 Å². The van der Waals surface area contributed by atoms with Crippen LogP contribution in [0.5, 0.6) is 11.5 Å². The van der Waals surface area contributed by atoms with Gasteiger partial charge in [0.05, 0.1) is 6.10 Å². The van der Waals surface area contributed by atoms with Crippen LogP contribution in [0.4, 0.5) is 0 Å². The summed E-state index contributed by atoms with van der Waals surface area (Å²) < 4.78 is 33.9. The first-order valence-corrected chi connectivity index (χ1v) is 7.08. The third-order valence-electron chi connectivity index (χ3n) is 2.46. The Labute approximate surface area is 99.9 Å². The highest BCUT2D eigenvalue weighted by Crippen LogP contribution is 2.40. The largest absolute Gasteiger partial charge is 0.454 e. The van der Waals surface area contributed by atoms with E-state index in [4.69, 9.17) is 9.47 Å². The zero-order valence-electron chi connectivity index (χ0n) is 9.63. The molecule has 17 heavy (non-hydrogen) atoms. The van der Waals surface area contributed by atoms with E-state index in [2.05, 4.69) is 0 Å². The maximum Gasteiger partial charge on any atom is 0.231 e. The summed E-state index contributed by atoms with van der Waals surface area (Å²) in [5.41, 5.74) is 0.548. The predicted molar refractivity (Wildman–Crippen MR) is 61.1 cm³/mol. The number of rotatable bonds is 3. The first-order chi connectivity index (χ1) is 7.89. The summed E-state index contributed by atoms with van der Waals surface area (Å²) in [5.74, 6) is 0.686. The Morgan fingerprint density at radius 3 is 2.71 bits per heavy atom. The lowest BCUT2D eigenvalue weighted by molar-refractivity contribution is 0.171. The first kappa shape index (κ1) is 12.2. The van der Waals surface area contributed by atoms with E-state index in [1.807, 2.05) is 0 Å². The Hall–Kier alpha value is -1.27. The van der Waals surface area contributed by atoms with Gasteiger partial charge in [0.25, 0.3) is 0 Å². The van der Waals surface area contributed by atoms with E-state index >= 15 is 0 Å². The van der Waals surface area contributed by atoms with Gasteiger partial charge in [-0.3, -0.25) is 0 Å². The summed E-state index contributed by atoms with van der Waals surface area (Å²) in [7, 11) is -3.42. The van der Waals surface area contributed by atoms with Gasteiger partial charge in [0.2, 0.25) is 6.79 Å². The molecule has 0 fully saturated rings. The van der Waals surface area contributed by atoms with Crippen LogP contribution in [-0.2, 0) is 16.3 Å². The fourth-order valence-electron chi connectivity index (χ4n) is 1.87. The number of sulfone groups is 1. The van der Waals surface area contributed by atoms with Gasteiger partial charge in [-0.05, 0) is 25.0 Å². The minimum Gasteiger partial charge on any atom is -0.454 e. The summed E-state index contributed by atoms with van der Waals surface area (Å²) in [5, 5.41) is 9.38. The average Bonchev–Trinajstić information content (AvgIpc) is 2.61. The van der Waals surface area contributed by atoms with Gasteiger partial charge in [-0.1, -0.05) is 6.07 Å². The molecule has 0 aromatic heterocycles. The molecule has 0 saturated heterocycles. The Balaban J connectivity index is 2.61. The van der Waals surface area contributed by atoms with E-state index in [9.17, 15) is 13.5 Å². The first-order valence-electron chi connectivity index (χ1n) is 5.19. The van der Waals surface area contributed by atoms with Crippen molar-refractivity contribution in [3.05, 3.63) is 17.7 Å². The Morgan fingerprint density at radius 1 is 1.41 bits per heavy atom. The highest BCUT2D eigenvalue weighted by atomic mass is 32.2. The van der Waals surface area contributed by atoms with E-state index in [0.29, 0.717) is 11.3 Å². The van der Waals surface area contributed by atoms with Crippen LogP contribution in [-0.4, -0.2) is 32.7 Å². The lowest BCUT2D eigenvalue weighted by Crippen LogP contribution is -2.10. The molecule has 0 saturated carbocycles. The third kappa shape index (κ3) is 2.37. The summed E-state index contributed by atoms with van der Waals surface area (Å²) >= 11 is 0. The number of ether oxygens (including phenoxy) is 2. The minimum atomic E-state index is -3.42. The maximum atomic E-state index is 11.8. The van der Waals surface area contributed by atoms with Gasteiger partial charge in [0, 0.05) is 6.26 Å². The predicted octanol–water partition coefficient (Wildman–Crippen LogP) is 0.742. The lowest BCUT2D eigenvalue weighted by Gasteiger charge is -2.12. The average molecular weight is 258 g/mol. The summed E-state index contributed by atoms with van der Waals surface area (Å²) in [6.07, 6.45) is 0.769. The van der Waals surface area contributed by atoms with Gasteiger partial charge < -0.3 is 14.6 Å². The summed E-state index contributed by atoms with van der Waals surface area (Å²) in [6.45, 7) is 1.63. The Kier molecular flexibility index (Phi) is 3.01. The van der Waals surface area contributed by atoms with Crippen LogP contribution in [0, 0.1) is 0 Å². The van der Waals surface area contributed by atoms with E-state index in [-0.39, 0.29) is 23.9 Å². The highest BCUT2D eigenvalue weighted by molar-refractivity contribution is 7.90. The van der Waals surface area contributed by atoms with E-state index in [1.165, 1.54) is 0 Å². The van der Waals surface area contributed by atoms with E-state index < -0.39 is 15.9 Å². The van der Waals surface area contributed by atoms with Crippen LogP contribution in [0.3, 0.4) is 0 Å². The van der Waals surface area contributed by atoms with Crippen molar-refractivity contribution in [3.8, 4) is 11.5 Å². The van der Waals surface area contributed by atoms with E-state index in [1.54, 1.807) is 19.1 Å². The van der Waals surface area contributed by atoms with Gasteiger partial charge in [0.15, 0.2) is 21.3 Å². The van der Waals surface area contributed by atoms with Crippen molar-refractivity contribution in [2.24, 2.45) is 0 Å². The van der Waals surface area contributed by atoms with Crippen LogP contribution in [0.25, 0.3) is 0 Å². The number of hydrogen-bond donors (Lipinski definition) is 1. The molecular formula is C11H14O5S. The molecule has 0 bridgehead atoms. The number of fused-ring (bicyclic) bond motifs is 1. The van der Waals surface area contributed by atoms with Gasteiger partial charge in [-0.25, -0.2) is 8.42 Å². The molecule has 1 aliphatic rings. The number of aliphatic hydroxyl groups excluding tert-OH is 1. The lowest BCUT2D eigenvalue weighted by atomic mass is 10.1. The summed E-state index contributed by atoms with van der Waals surface area (Å²) in [6, 6.07) is 3.31. The minimum absolute atomic E-state index is 0.0238. The second-order valence-corrected chi connectivity index (χ2v) is 6.07. The molecule has 1 aliphatic heterocycles. The Bertz CT molecular complexity index is 533. The highest BCUT2D eigenvalue weighted by Gasteiger charge is 2.27.